The molecule has 1 aromatic heterocycles. The van der Waals surface area contributed by atoms with Gasteiger partial charge in [-0.2, -0.15) is 17.6 Å². The van der Waals surface area contributed by atoms with Gasteiger partial charge in [-0.25, -0.2) is 8.78 Å². The standard InChI is InChI=1S/C7H5F6N/c8-5(9)7(12,13)6(10,11)4-2-1-3-14-4/h1-3,5,14H. The maximum absolute atomic E-state index is 12.8. The highest BCUT2D eigenvalue weighted by Crippen LogP contribution is 2.45. The van der Waals surface area contributed by atoms with E-state index in [0.717, 1.165) is 12.3 Å². The van der Waals surface area contributed by atoms with Gasteiger partial charge in [0.1, 0.15) is 0 Å². The van der Waals surface area contributed by atoms with Gasteiger partial charge in [-0.05, 0) is 12.1 Å². The SMILES string of the molecule is FC(F)C(F)(F)C(F)(F)c1ccc[nH]1. The highest BCUT2D eigenvalue weighted by atomic mass is 19.3. The molecule has 0 aliphatic carbocycles. The Balaban J connectivity index is 3.07. The molecule has 0 saturated carbocycles. The van der Waals surface area contributed by atoms with Crippen molar-refractivity contribution in [2.45, 2.75) is 18.3 Å². The van der Waals surface area contributed by atoms with Crippen molar-refractivity contribution in [2.24, 2.45) is 0 Å². The fourth-order valence-corrected chi connectivity index (χ4v) is 0.842. The summed E-state index contributed by atoms with van der Waals surface area (Å²) in [7, 11) is 0. The van der Waals surface area contributed by atoms with Gasteiger partial charge in [0.05, 0.1) is 5.69 Å². The Morgan fingerprint density at radius 1 is 1.14 bits per heavy atom. The fraction of sp³-hybridized carbons (Fsp3) is 0.429. The van der Waals surface area contributed by atoms with E-state index in [9.17, 15) is 26.3 Å². The zero-order valence-electron chi connectivity index (χ0n) is 6.58. The number of hydrogen-bond donors (Lipinski definition) is 1. The molecule has 1 N–H and O–H groups in total. The van der Waals surface area contributed by atoms with Crippen LogP contribution in [0.5, 0.6) is 0 Å². The van der Waals surface area contributed by atoms with E-state index >= 15 is 0 Å². The maximum Gasteiger partial charge on any atom is 0.375 e. The number of halogens is 6. The normalized spacial score (nSPS) is 13.6. The van der Waals surface area contributed by atoms with E-state index in [-0.39, 0.29) is 0 Å². The number of H-pyrrole nitrogens is 1. The number of alkyl halides is 6. The quantitative estimate of drug-likeness (QED) is 0.749. The molecule has 1 heterocycles. The minimum absolute atomic E-state index is 0.621. The molecule has 0 bridgehead atoms. The summed E-state index contributed by atoms with van der Waals surface area (Å²) in [5, 5.41) is 0. The second-order valence-corrected chi connectivity index (χ2v) is 2.58. The summed E-state index contributed by atoms with van der Waals surface area (Å²) >= 11 is 0. The highest BCUT2D eigenvalue weighted by Gasteiger charge is 2.64. The lowest BCUT2D eigenvalue weighted by Gasteiger charge is -2.24. The van der Waals surface area contributed by atoms with E-state index in [4.69, 9.17) is 0 Å². The van der Waals surface area contributed by atoms with Crippen LogP contribution < -0.4 is 0 Å². The predicted octanol–water partition coefficient (Wildman–Crippen LogP) is 3.01. The van der Waals surface area contributed by atoms with E-state index in [1.165, 1.54) is 0 Å². The van der Waals surface area contributed by atoms with Crippen molar-refractivity contribution in [3.63, 3.8) is 0 Å². The second-order valence-electron chi connectivity index (χ2n) is 2.58. The zero-order valence-corrected chi connectivity index (χ0v) is 6.58. The molecule has 0 amide bonds. The molecule has 0 atom stereocenters. The summed E-state index contributed by atoms with van der Waals surface area (Å²) in [5.74, 6) is -10.3. The Kier molecular flexibility index (Phi) is 2.51. The second kappa shape index (κ2) is 3.21. The first-order valence-corrected chi connectivity index (χ1v) is 3.48. The lowest BCUT2D eigenvalue weighted by Crippen LogP contribution is -2.44. The average molecular weight is 217 g/mol. The minimum atomic E-state index is -5.38. The van der Waals surface area contributed by atoms with E-state index < -0.39 is 24.0 Å². The fourth-order valence-electron chi connectivity index (χ4n) is 0.842. The van der Waals surface area contributed by atoms with Gasteiger partial charge < -0.3 is 4.98 Å². The molecule has 0 aromatic carbocycles. The van der Waals surface area contributed by atoms with E-state index in [2.05, 4.69) is 0 Å². The number of rotatable bonds is 3. The number of aromatic amines is 1. The first-order valence-electron chi connectivity index (χ1n) is 3.48. The summed E-state index contributed by atoms with van der Waals surface area (Å²) in [5.41, 5.74) is -1.23. The number of nitrogens with one attached hydrogen (secondary N) is 1. The van der Waals surface area contributed by atoms with E-state index in [1.807, 2.05) is 0 Å². The van der Waals surface area contributed by atoms with Gasteiger partial charge in [0, 0.05) is 6.20 Å². The molecule has 1 aromatic rings. The Morgan fingerprint density at radius 2 is 1.71 bits per heavy atom. The van der Waals surface area contributed by atoms with Crippen molar-refractivity contribution in [1.82, 2.24) is 4.98 Å². The molecular weight excluding hydrogens is 212 g/mol. The van der Waals surface area contributed by atoms with Gasteiger partial charge in [-0.15, -0.1) is 0 Å². The molecule has 1 rings (SSSR count). The van der Waals surface area contributed by atoms with Gasteiger partial charge in [-0.3, -0.25) is 0 Å². The monoisotopic (exact) mass is 217 g/mol. The lowest BCUT2D eigenvalue weighted by molar-refractivity contribution is -0.271. The lowest BCUT2D eigenvalue weighted by atomic mass is 10.1. The third kappa shape index (κ3) is 1.46. The summed E-state index contributed by atoms with van der Waals surface area (Å²) in [6.07, 6.45) is -3.47. The van der Waals surface area contributed by atoms with Crippen molar-refractivity contribution in [3.8, 4) is 0 Å². The van der Waals surface area contributed by atoms with Gasteiger partial charge in [0.25, 0.3) is 0 Å². The van der Waals surface area contributed by atoms with Crippen LogP contribution in [0.2, 0.25) is 0 Å². The molecule has 14 heavy (non-hydrogen) atoms. The van der Waals surface area contributed by atoms with E-state index in [0.29, 0.717) is 6.07 Å². The Hall–Kier alpha value is -1.14. The summed E-state index contributed by atoms with van der Waals surface area (Å²) in [6, 6.07) is 1.64. The molecule has 0 unspecified atom stereocenters. The van der Waals surface area contributed by atoms with Gasteiger partial charge in [0.15, 0.2) is 0 Å². The average Bonchev–Trinajstić information content (AvgIpc) is 2.55. The van der Waals surface area contributed by atoms with Gasteiger partial charge in [-0.1, -0.05) is 0 Å². The largest absolute Gasteiger partial charge is 0.375 e. The predicted molar refractivity (Wildman–Crippen MR) is 35.6 cm³/mol. The van der Waals surface area contributed by atoms with Crippen molar-refractivity contribution in [1.29, 1.82) is 0 Å². The summed E-state index contributed by atoms with van der Waals surface area (Å²) in [6.45, 7) is 0. The Morgan fingerprint density at radius 3 is 2.07 bits per heavy atom. The first kappa shape index (κ1) is 10.9. The molecular formula is C7H5F6N. The molecule has 0 saturated heterocycles. The van der Waals surface area contributed by atoms with Crippen LogP contribution in [0, 0.1) is 0 Å². The van der Waals surface area contributed by atoms with Crippen molar-refractivity contribution >= 4 is 0 Å². The van der Waals surface area contributed by atoms with Crippen LogP contribution in [0.3, 0.4) is 0 Å². The topological polar surface area (TPSA) is 15.8 Å². The van der Waals surface area contributed by atoms with Gasteiger partial charge in [0.2, 0.25) is 0 Å². The van der Waals surface area contributed by atoms with Gasteiger partial charge >= 0.3 is 18.3 Å². The number of aromatic nitrogens is 1. The van der Waals surface area contributed by atoms with Crippen molar-refractivity contribution in [3.05, 3.63) is 24.0 Å². The Bertz CT molecular complexity index is 291. The van der Waals surface area contributed by atoms with E-state index in [1.54, 1.807) is 4.98 Å². The van der Waals surface area contributed by atoms with Crippen LogP contribution in [0.1, 0.15) is 5.69 Å². The Labute approximate surface area is 74.7 Å². The zero-order chi connectivity index (χ0) is 11.0. The smallest absolute Gasteiger partial charge is 0.360 e. The highest BCUT2D eigenvalue weighted by molar-refractivity contribution is 5.14. The third-order valence-corrected chi connectivity index (χ3v) is 1.63. The molecule has 0 fully saturated rings. The third-order valence-electron chi connectivity index (χ3n) is 1.63. The molecule has 0 spiro atoms. The molecule has 0 aliphatic rings. The summed E-state index contributed by atoms with van der Waals surface area (Å²) in [4.78, 5) is 1.78. The first-order chi connectivity index (χ1) is 6.30. The molecule has 0 aliphatic heterocycles. The molecule has 1 nitrogen and oxygen atoms in total. The van der Waals surface area contributed by atoms with Crippen molar-refractivity contribution in [2.75, 3.05) is 0 Å². The van der Waals surface area contributed by atoms with Crippen LogP contribution in [0.25, 0.3) is 0 Å². The summed E-state index contributed by atoms with van der Waals surface area (Å²) < 4.78 is 73.6. The van der Waals surface area contributed by atoms with Crippen molar-refractivity contribution < 1.29 is 26.3 Å². The molecule has 7 heteroatoms. The number of hydrogen-bond acceptors (Lipinski definition) is 0. The van der Waals surface area contributed by atoms with Crippen LogP contribution in [-0.4, -0.2) is 17.3 Å². The van der Waals surface area contributed by atoms with Crippen LogP contribution in [0.4, 0.5) is 26.3 Å². The molecule has 80 valence electrons. The van der Waals surface area contributed by atoms with Crippen LogP contribution in [-0.2, 0) is 5.92 Å². The molecule has 0 radical (unpaired) electrons. The maximum atomic E-state index is 12.8. The van der Waals surface area contributed by atoms with Crippen LogP contribution >= 0.6 is 0 Å². The minimum Gasteiger partial charge on any atom is -0.360 e. The van der Waals surface area contributed by atoms with Crippen LogP contribution in [0.15, 0.2) is 18.3 Å².